The van der Waals surface area contributed by atoms with E-state index in [1.165, 1.54) is 0 Å². The molecule has 0 saturated carbocycles. The summed E-state index contributed by atoms with van der Waals surface area (Å²) in [6, 6.07) is 8.06. The molecule has 0 aliphatic rings. The van der Waals surface area contributed by atoms with E-state index in [2.05, 4.69) is 38.3 Å². The van der Waals surface area contributed by atoms with E-state index in [-0.39, 0.29) is 0 Å². The Morgan fingerprint density at radius 1 is 1.33 bits per heavy atom. The highest BCUT2D eigenvalue weighted by atomic mass is 79.9. The van der Waals surface area contributed by atoms with Gasteiger partial charge in [-0.3, -0.25) is 0 Å². The molecule has 0 fully saturated rings. The molecule has 0 spiro atoms. The van der Waals surface area contributed by atoms with E-state index in [9.17, 15) is 0 Å². The zero-order valence-electron chi connectivity index (χ0n) is 10.2. The molecule has 6 heteroatoms. The monoisotopic (exact) mass is 309 g/mol. The number of nitrogen functional groups attached to an aromatic ring is 1. The summed E-state index contributed by atoms with van der Waals surface area (Å²) in [7, 11) is 0. The number of nitrogens with two attached hydrogens (primary N) is 1. The summed E-state index contributed by atoms with van der Waals surface area (Å²) in [4.78, 5) is 4.17. The van der Waals surface area contributed by atoms with Crippen molar-refractivity contribution in [3.8, 4) is 0 Å². The first-order valence-corrected chi connectivity index (χ1v) is 6.67. The molecule has 0 bridgehead atoms. The minimum absolute atomic E-state index is 0.427. The number of halogens is 1. The molecule has 1 aromatic carbocycles. The Bertz CT molecular complexity index is 506. The van der Waals surface area contributed by atoms with Gasteiger partial charge in [0.05, 0.1) is 6.54 Å². The average molecular weight is 310 g/mol. The van der Waals surface area contributed by atoms with Crippen LogP contribution in [-0.2, 0) is 6.54 Å². The summed E-state index contributed by atoms with van der Waals surface area (Å²) in [6.07, 6.45) is 1.03. The molecule has 5 nitrogen and oxygen atoms in total. The van der Waals surface area contributed by atoms with Crippen LogP contribution >= 0.6 is 15.9 Å². The van der Waals surface area contributed by atoms with Gasteiger partial charge in [0.25, 0.3) is 0 Å². The molecule has 0 radical (unpaired) electrons. The van der Waals surface area contributed by atoms with Gasteiger partial charge in [0.1, 0.15) is 0 Å². The molecule has 0 aliphatic heterocycles. The van der Waals surface area contributed by atoms with Crippen LogP contribution in [0.1, 0.15) is 18.9 Å². The number of hydrogen-bond donors (Lipinski definition) is 2. The van der Waals surface area contributed by atoms with E-state index < -0.39 is 0 Å². The molecule has 0 saturated heterocycles. The van der Waals surface area contributed by atoms with Crippen LogP contribution in [0.5, 0.6) is 0 Å². The Morgan fingerprint density at radius 3 is 2.72 bits per heavy atom. The normalized spacial score (nSPS) is 10.6. The van der Waals surface area contributed by atoms with Crippen molar-refractivity contribution < 1.29 is 0 Å². The van der Waals surface area contributed by atoms with E-state index in [1.54, 1.807) is 4.68 Å². The van der Waals surface area contributed by atoms with E-state index in [0.717, 1.165) is 23.0 Å². The quantitative estimate of drug-likeness (QED) is 0.890. The van der Waals surface area contributed by atoms with Gasteiger partial charge in [-0.05, 0) is 24.1 Å². The Kier molecular flexibility index (Phi) is 4.19. The lowest BCUT2D eigenvalue weighted by atomic mass is 10.2. The lowest BCUT2D eigenvalue weighted by molar-refractivity contribution is 0.697. The maximum Gasteiger partial charge on any atom is 0.243 e. The molecule has 96 valence electrons. The van der Waals surface area contributed by atoms with Gasteiger partial charge >= 0.3 is 0 Å². The van der Waals surface area contributed by atoms with Crippen molar-refractivity contribution >= 4 is 27.8 Å². The van der Waals surface area contributed by atoms with Gasteiger partial charge in [0.2, 0.25) is 11.9 Å². The van der Waals surface area contributed by atoms with E-state index in [4.69, 9.17) is 5.73 Å². The maximum atomic E-state index is 5.83. The fraction of sp³-hybridized carbons (Fsp3) is 0.333. The largest absolute Gasteiger partial charge is 0.368 e. The number of nitrogens with zero attached hydrogens (tertiary/aromatic N) is 3. The lowest BCUT2D eigenvalue weighted by Gasteiger charge is -2.02. The molecule has 1 aromatic heterocycles. The van der Waals surface area contributed by atoms with Crippen molar-refractivity contribution in [1.82, 2.24) is 14.8 Å². The summed E-state index contributed by atoms with van der Waals surface area (Å²) < 4.78 is 2.75. The number of nitrogens with one attached hydrogen (secondary N) is 1. The summed E-state index contributed by atoms with van der Waals surface area (Å²) in [6.45, 7) is 3.57. The third-order valence-electron chi connectivity index (χ3n) is 2.48. The Balaban J connectivity index is 2.08. The third kappa shape index (κ3) is 3.22. The fourth-order valence-corrected chi connectivity index (χ4v) is 1.81. The molecular formula is C12H16BrN5. The number of benzene rings is 1. The van der Waals surface area contributed by atoms with Crippen molar-refractivity contribution in [2.45, 2.75) is 19.9 Å². The molecular weight excluding hydrogens is 294 g/mol. The topological polar surface area (TPSA) is 68.8 Å². The maximum absolute atomic E-state index is 5.83. The standard InChI is InChI=1S/C12H16BrN5/c1-2-7-15-12-16-11(14)18(17-12)8-9-3-5-10(13)6-4-9/h3-6H,2,7-8H2,1H3,(H3,14,15,16,17). The number of anilines is 2. The second-order valence-corrected chi connectivity index (χ2v) is 4.92. The van der Waals surface area contributed by atoms with Crippen LogP contribution in [-0.4, -0.2) is 21.3 Å². The zero-order valence-corrected chi connectivity index (χ0v) is 11.8. The molecule has 0 aliphatic carbocycles. The summed E-state index contributed by atoms with van der Waals surface area (Å²) in [5.74, 6) is 1.02. The van der Waals surface area contributed by atoms with Crippen molar-refractivity contribution in [2.24, 2.45) is 0 Å². The van der Waals surface area contributed by atoms with Gasteiger partial charge in [0, 0.05) is 11.0 Å². The van der Waals surface area contributed by atoms with Crippen LogP contribution in [0.2, 0.25) is 0 Å². The van der Waals surface area contributed by atoms with Crippen LogP contribution in [0.25, 0.3) is 0 Å². The third-order valence-corrected chi connectivity index (χ3v) is 3.01. The molecule has 0 atom stereocenters. The van der Waals surface area contributed by atoms with E-state index in [0.29, 0.717) is 18.4 Å². The van der Waals surface area contributed by atoms with E-state index >= 15 is 0 Å². The van der Waals surface area contributed by atoms with Crippen molar-refractivity contribution in [3.63, 3.8) is 0 Å². The van der Waals surface area contributed by atoms with Crippen LogP contribution in [0.15, 0.2) is 28.7 Å². The molecule has 18 heavy (non-hydrogen) atoms. The SMILES string of the molecule is CCCNc1nc(N)n(Cc2ccc(Br)cc2)n1. The van der Waals surface area contributed by atoms with Crippen molar-refractivity contribution in [2.75, 3.05) is 17.6 Å². The highest BCUT2D eigenvalue weighted by Crippen LogP contribution is 2.13. The minimum atomic E-state index is 0.427. The second-order valence-electron chi connectivity index (χ2n) is 4.00. The predicted molar refractivity (Wildman–Crippen MR) is 76.5 cm³/mol. The highest BCUT2D eigenvalue weighted by Gasteiger charge is 2.06. The molecule has 0 amide bonds. The molecule has 0 unspecified atom stereocenters. The second kappa shape index (κ2) is 5.86. The number of aromatic nitrogens is 3. The van der Waals surface area contributed by atoms with Crippen LogP contribution in [0.3, 0.4) is 0 Å². The predicted octanol–water partition coefficient (Wildman–Crippen LogP) is 2.49. The molecule has 3 N–H and O–H groups in total. The lowest BCUT2D eigenvalue weighted by Crippen LogP contribution is -2.06. The summed E-state index contributed by atoms with van der Waals surface area (Å²) in [5, 5.41) is 7.44. The van der Waals surface area contributed by atoms with Gasteiger partial charge in [-0.2, -0.15) is 4.98 Å². The number of hydrogen-bond acceptors (Lipinski definition) is 4. The van der Waals surface area contributed by atoms with Gasteiger partial charge in [-0.25, -0.2) is 4.68 Å². The van der Waals surface area contributed by atoms with Gasteiger partial charge in [-0.1, -0.05) is 35.0 Å². The van der Waals surface area contributed by atoms with Crippen LogP contribution < -0.4 is 11.1 Å². The molecule has 1 heterocycles. The van der Waals surface area contributed by atoms with Crippen molar-refractivity contribution in [3.05, 3.63) is 34.3 Å². The number of rotatable bonds is 5. The Labute approximate surface area is 115 Å². The smallest absolute Gasteiger partial charge is 0.243 e. The van der Waals surface area contributed by atoms with Gasteiger partial charge in [-0.15, -0.1) is 5.10 Å². The minimum Gasteiger partial charge on any atom is -0.368 e. The fourth-order valence-electron chi connectivity index (χ4n) is 1.54. The first kappa shape index (κ1) is 12.9. The molecule has 2 aromatic rings. The zero-order chi connectivity index (χ0) is 13.0. The van der Waals surface area contributed by atoms with Crippen molar-refractivity contribution in [1.29, 1.82) is 0 Å². The van der Waals surface area contributed by atoms with Crippen LogP contribution in [0.4, 0.5) is 11.9 Å². The van der Waals surface area contributed by atoms with E-state index in [1.807, 2.05) is 24.3 Å². The first-order valence-electron chi connectivity index (χ1n) is 5.87. The van der Waals surface area contributed by atoms with Gasteiger partial charge in [0.15, 0.2) is 0 Å². The Hall–Kier alpha value is -1.56. The summed E-state index contributed by atoms with van der Waals surface area (Å²) in [5.41, 5.74) is 6.97. The summed E-state index contributed by atoms with van der Waals surface area (Å²) >= 11 is 3.41. The molecule has 2 rings (SSSR count). The average Bonchev–Trinajstić information content (AvgIpc) is 2.70. The Morgan fingerprint density at radius 2 is 2.06 bits per heavy atom. The first-order chi connectivity index (χ1) is 8.69. The highest BCUT2D eigenvalue weighted by molar-refractivity contribution is 9.10. The van der Waals surface area contributed by atoms with Gasteiger partial charge < -0.3 is 11.1 Å². The van der Waals surface area contributed by atoms with Crippen LogP contribution in [0, 0.1) is 0 Å².